The first kappa shape index (κ1) is 7.56. The molecule has 2 atom stereocenters. The third kappa shape index (κ3) is 1.18. The van der Waals surface area contributed by atoms with Crippen molar-refractivity contribution in [3.8, 4) is 0 Å². The second kappa shape index (κ2) is 2.76. The van der Waals surface area contributed by atoms with Gasteiger partial charge >= 0.3 is 0 Å². The quantitative estimate of drug-likeness (QED) is 0.642. The first-order valence-electron chi connectivity index (χ1n) is 4.79. The van der Waals surface area contributed by atoms with E-state index in [0.29, 0.717) is 0 Å². The fourth-order valence-corrected chi connectivity index (χ4v) is 2.59. The Labute approximate surface area is 68.7 Å². The van der Waals surface area contributed by atoms with Gasteiger partial charge in [-0.3, -0.25) is 0 Å². The van der Waals surface area contributed by atoms with E-state index in [2.05, 4.69) is 11.8 Å². The van der Waals surface area contributed by atoms with Crippen molar-refractivity contribution >= 4 is 0 Å². The van der Waals surface area contributed by atoms with E-state index in [0.717, 1.165) is 24.3 Å². The summed E-state index contributed by atoms with van der Waals surface area (Å²) in [4.78, 5) is 2.58. The van der Waals surface area contributed by atoms with Crippen LogP contribution in [0.4, 0.5) is 0 Å². The van der Waals surface area contributed by atoms with Gasteiger partial charge in [0.2, 0.25) is 0 Å². The molecule has 2 N–H and O–H groups in total. The minimum Gasteiger partial charge on any atom is -0.330 e. The summed E-state index contributed by atoms with van der Waals surface area (Å²) in [6, 6.07) is 0. The van der Waals surface area contributed by atoms with E-state index < -0.39 is 0 Å². The third-order valence-electron chi connectivity index (χ3n) is 3.26. The van der Waals surface area contributed by atoms with Crippen molar-refractivity contribution in [1.29, 1.82) is 0 Å². The van der Waals surface area contributed by atoms with Crippen LogP contribution in [0.25, 0.3) is 0 Å². The Morgan fingerprint density at radius 2 is 2.00 bits per heavy atom. The van der Waals surface area contributed by atoms with Crippen LogP contribution in [0.1, 0.15) is 13.3 Å². The predicted molar refractivity (Wildman–Crippen MR) is 46.3 cm³/mol. The molecule has 2 nitrogen and oxygen atoms in total. The molecule has 2 unspecified atom stereocenters. The second-order valence-electron chi connectivity index (χ2n) is 3.99. The topological polar surface area (TPSA) is 29.3 Å². The van der Waals surface area contributed by atoms with Gasteiger partial charge in [-0.25, -0.2) is 0 Å². The minimum absolute atomic E-state index is 0.892. The molecule has 2 heteroatoms. The van der Waals surface area contributed by atoms with Crippen LogP contribution >= 0.6 is 0 Å². The van der Waals surface area contributed by atoms with Crippen LogP contribution in [0.5, 0.6) is 0 Å². The lowest BCUT2D eigenvalue weighted by molar-refractivity contribution is 0.287. The minimum atomic E-state index is 0.892. The number of hydrogen-bond donors (Lipinski definition) is 1. The third-order valence-corrected chi connectivity index (χ3v) is 3.26. The fraction of sp³-hybridized carbons (Fsp3) is 1.00. The van der Waals surface area contributed by atoms with E-state index in [4.69, 9.17) is 5.73 Å². The van der Waals surface area contributed by atoms with Crippen molar-refractivity contribution in [2.45, 2.75) is 13.3 Å². The maximum absolute atomic E-state index is 5.62. The number of nitrogens with two attached hydrogens (primary N) is 1. The molecule has 1 saturated carbocycles. The highest BCUT2D eigenvalue weighted by atomic mass is 15.2. The average molecular weight is 154 g/mol. The monoisotopic (exact) mass is 154 g/mol. The maximum Gasteiger partial charge on any atom is 0.00163 e. The summed E-state index contributed by atoms with van der Waals surface area (Å²) in [5.74, 6) is 2.85. The Morgan fingerprint density at radius 3 is 2.45 bits per heavy atom. The Kier molecular flexibility index (Phi) is 1.90. The van der Waals surface area contributed by atoms with Gasteiger partial charge in [-0.1, -0.05) is 6.92 Å². The molecular formula is C9H18N2. The SMILES string of the molecule is CCCN1CC2C(CN)C2C1. The van der Waals surface area contributed by atoms with Crippen LogP contribution in [0.15, 0.2) is 0 Å². The van der Waals surface area contributed by atoms with Crippen LogP contribution < -0.4 is 5.73 Å². The number of piperidine rings is 1. The molecule has 2 aliphatic rings. The van der Waals surface area contributed by atoms with Gasteiger partial charge in [0.15, 0.2) is 0 Å². The zero-order valence-corrected chi connectivity index (χ0v) is 7.29. The molecule has 1 aliphatic heterocycles. The zero-order chi connectivity index (χ0) is 7.84. The summed E-state index contributed by atoms with van der Waals surface area (Å²) in [5.41, 5.74) is 5.62. The van der Waals surface area contributed by atoms with Crippen molar-refractivity contribution < 1.29 is 0 Å². The largest absolute Gasteiger partial charge is 0.330 e. The summed E-state index contributed by atoms with van der Waals surface area (Å²) in [6.45, 7) is 7.14. The van der Waals surface area contributed by atoms with Gasteiger partial charge < -0.3 is 10.6 Å². The molecule has 1 heterocycles. The van der Waals surface area contributed by atoms with Crippen LogP contribution in [0.3, 0.4) is 0 Å². The highest BCUT2D eigenvalue weighted by molar-refractivity contribution is 5.05. The van der Waals surface area contributed by atoms with Crippen molar-refractivity contribution in [1.82, 2.24) is 4.90 Å². The first-order chi connectivity index (χ1) is 5.36. The summed E-state index contributed by atoms with van der Waals surface area (Å²) in [5, 5.41) is 0. The molecule has 0 bridgehead atoms. The lowest BCUT2D eigenvalue weighted by Crippen LogP contribution is -2.26. The Morgan fingerprint density at radius 1 is 1.36 bits per heavy atom. The lowest BCUT2D eigenvalue weighted by Gasteiger charge is -2.17. The van der Waals surface area contributed by atoms with Crippen LogP contribution in [0, 0.1) is 17.8 Å². The molecule has 2 rings (SSSR count). The molecule has 64 valence electrons. The van der Waals surface area contributed by atoms with Gasteiger partial charge in [0.05, 0.1) is 0 Å². The van der Waals surface area contributed by atoms with Crippen molar-refractivity contribution in [3.05, 3.63) is 0 Å². The van der Waals surface area contributed by atoms with E-state index in [1.54, 1.807) is 0 Å². The molecule has 0 aromatic carbocycles. The molecule has 0 radical (unpaired) electrons. The molecule has 1 saturated heterocycles. The van der Waals surface area contributed by atoms with Crippen LogP contribution in [-0.2, 0) is 0 Å². The number of fused-ring (bicyclic) bond motifs is 1. The first-order valence-corrected chi connectivity index (χ1v) is 4.79. The average Bonchev–Trinajstić information content (AvgIpc) is 2.47. The van der Waals surface area contributed by atoms with E-state index in [9.17, 15) is 0 Å². The van der Waals surface area contributed by atoms with Crippen molar-refractivity contribution in [2.24, 2.45) is 23.5 Å². The Hall–Kier alpha value is -0.0800. The highest BCUT2D eigenvalue weighted by Gasteiger charge is 2.54. The number of nitrogens with zero attached hydrogens (tertiary/aromatic N) is 1. The molecule has 0 aromatic heterocycles. The summed E-state index contributed by atoms with van der Waals surface area (Å²) >= 11 is 0. The smallest absolute Gasteiger partial charge is 0.00163 e. The van der Waals surface area contributed by atoms with Gasteiger partial charge in [-0.15, -0.1) is 0 Å². The number of hydrogen-bond acceptors (Lipinski definition) is 2. The molecule has 0 amide bonds. The molecule has 0 aromatic rings. The zero-order valence-electron chi connectivity index (χ0n) is 7.29. The Balaban J connectivity index is 1.76. The van der Waals surface area contributed by atoms with Crippen LogP contribution in [0.2, 0.25) is 0 Å². The molecule has 11 heavy (non-hydrogen) atoms. The molecular weight excluding hydrogens is 136 g/mol. The van der Waals surface area contributed by atoms with E-state index in [1.165, 1.54) is 26.1 Å². The van der Waals surface area contributed by atoms with Gasteiger partial charge in [0, 0.05) is 13.1 Å². The normalized spacial score (nSPS) is 42.5. The van der Waals surface area contributed by atoms with E-state index in [-0.39, 0.29) is 0 Å². The van der Waals surface area contributed by atoms with Crippen molar-refractivity contribution in [2.75, 3.05) is 26.2 Å². The summed E-state index contributed by atoms with van der Waals surface area (Å²) in [7, 11) is 0. The predicted octanol–water partition coefficient (Wildman–Crippen LogP) is 0.533. The second-order valence-corrected chi connectivity index (χ2v) is 3.99. The fourth-order valence-electron chi connectivity index (χ4n) is 2.59. The standard InChI is InChI=1S/C9H18N2/c1-2-3-11-5-8-7(4-10)9(8)6-11/h7-9H,2-6,10H2,1H3. The van der Waals surface area contributed by atoms with Gasteiger partial charge in [-0.05, 0) is 37.3 Å². The van der Waals surface area contributed by atoms with E-state index >= 15 is 0 Å². The lowest BCUT2D eigenvalue weighted by atomic mass is 10.2. The van der Waals surface area contributed by atoms with E-state index in [1.807, 2.05) is 0 Å². The van der Waals surface area contributed by atoms with Crippen molar-refractivity contribution in [3.63, 3.8) is 0 Å². The van der Waals surface area contributed by atoms with Gasteiger partial charge in [0.1, 0.15) is 0 Å². The van der Waals surface area contributed by atoms with Gasteiger partial charge in [0.25, 0.3) is 0 Å². The van der Waals surface area contributed by atoms with Gasteiger partial charge in [-0.2, -0.15) is 0 Å². The summed E-state index contributed by atoms with van der Waals surface area (Å²) in [6.07, 6.45) is 1.30. The highest BCUT2D eigenvalue weighted by Crippen LogP contribution is 2.50. The molecule has 0 spiro atoms. The molecule has 1 aliphatic carbocycles. The Bertz CT molecular complexity index is 134. The van der Waals surface area contributed by atoms with Crippen LogP contribution in [-0.4, -0.2) is 31.1 Å². The summed E-state index contributed by atoms with van der Waals surface area (Å²) < 4.78 is 0. The molecule has 2 fully saturated rings. The number of likely N-dealkylation sites (tertiary alicyclic amines) is 1. The number of rotatable bonds is 3. The maximum atomic E-state index is 5.62.